The van der Waals surface area contributed by atoms with Gasteiger partial charge >= 0.3 is 6.36 Å². The van der Waals surface area contributed by atoms with Crippen LogP contribution >= 0.6 is 0 Å². The van der Waals surface area contributed by atoms with Crippen molar-refractivity contribution in [3.8, 4) is 17.2 Å². The molecule has 0 aliphatic rings. The van der Waals surface area contributed by atoms with Crippen molar-refractivity contribution in [1.29, 1.82) is 0 Å². The summed E-state index contributed by atoms with van der Waals surface area (Å²) in [6, 6.07) is 19.4. The molecule has 0 saturated heterocycles. The number of hydrogen-bond donors (Lipinski definition) is 0. The average Bonchev–Trinajstić information content (AvgIpc) is 3.16. The van der Waals surface area contributed by atoms with Gasteiger partial charge in [0, 0.05) is 5.69 Å². The van der Waals surface area contributed by atoms with Gasteiger partial charge in [-0.25, -0.2) is 4.98 Å². The molecule has 31 heavy (non-hydrogen) atoms. The van der Waals surface area contributed by atoms with Crippen LogP contribution in [0.25, 0.3) is 28.9 Å². The molecule has 0 amide bonds. The van der Waals surface area contributed by atoms with Crippen molar-refractivity contribution < 1.29 is 22.6 Å². The van der Waals surface area contributed by atoms with Crippen molar-refractivity contribution in [1.82, 2.24) is 9.55 Å². The number of aromatic nitrogens is 2. The molecule has 0 atom stereocenters. The Hall–Kier alpha value is -3.74. The van der Waals surface area contributed by atoms with E-state index in [4.69, 9.17) is 4.74 Å². The van der Waals surface area contributed by atoms with E-state index in [0.29, 0.717) is 6.61 Å². The first kappa shape index (κ1) is 20.5. The number of hydrogen-bond acceptors (Lipinski definition) is 3. The maximum Gasteiger partial charge on any atom is 0.573 e. The number of fused-ring (bicyclic) bond motifs is 1. The molecule has 158 valence electrons. The van der Waals surface area contributed by atoms with Crippen LogP contribution in [0.3, 0.4) is 0 Å². The number of nitrogens with zero attached hydrogens (tertiary/aromatic N) is 2. The van der Waals surface area contributed by atoms with Crippen molar-refractivity contribution in [2.24, 2.45) is 0 Å². The molecule has 1 aromatic heterocycles. The maximum absolute atomic E-state index is 12.2. The summed E-state index contributed by atoms with van der Waals surface area (Å²) in [7, 11) is 0. The van der Waals surface area contributed by atoms with Gasteiger partial charge in [0.15, 0.2) is 0 Å². The zero-order valence-electron chi connectivity index (χ0n) is 16.6. The predicted molar refractivity (Wildman–Crippen MR) is 114 cm³/mol. The van der Waals surface area contributed by atoms with Gasteiger partial charge in [0.2, 0.25) is 0 Å². The van der Waals surface area contributed by atoms with E-state index in [0.717, 1.165) is 33.6 Å². The van der Waals surface area contributed by atoms with Gasteiger partial charge in [0.1, 0.15) is 17.8 Å². The lowest BCUT2D eigenvalue weighted by molar-refractivity contribution is -0.274. The van der Waals surface area contributed by atoms with Crippen molar-refractivity contribution >= 4 is 23.2 Å². The molecule has 4 rings (SSSR count). The highest BCUT2D eigenvalue weighted by Crippen LogP contribution is 2.24. The summed E-state index contributed by atoms with van der Waals surface area (Å²) < 4.78 is 48.1. The minimum Gasteiger partial charge on any atom is -0.494 e. The van der Waals surface area contributed by atoms with Crippen molar-refractivity contribution in [3.63, 3.8) is 0 Å². The third-order valence-electron chi connectivity index (χ3n) is 4.58. The summed E-state index contributed by atoms with van der Waals surface area (Å²) in [5.74, 6) is 0.576. The van der Waals surface area contributed by atoms with E-state index < -0.39 is 6.36 Å². The Kier molecular flexibility index (Phi) is 5.66. The predicted octanol–water partition coefficient (Wildman–Crippen LogP) is 6.49. The third-order valence-corrected chi connectivity index (χ3v) is 4.58. The fraction of sp³-hybridized carbons (Fsp3) is 0.125. The number of halogens is 3. The van der Waals surface area contributed by atoms with Gasteiger partial charge in [-0.05, 0) is 66.6 Å². The van der Waals surface area contributed by atoms with Crippen molar-refractivity contribution in [2.45, 2.75) is 13.3 Å². The smallest absolute Gasteiger partial charge is 0.494 e. The molecule has 0 unspecified atom stereocenters. The maximum atomic E-state index is 12.2. The van der Waals surface area contributed by atoms with E-state index in [1.54, 1.807) is 18.5 Å². The summed E-state index contributed by atoms with van der Waals surface area (Å²) in [6.07, 6.45) is 0.783. The lowest BCUT2D eigenvalue weighted by atomic mass is 10.1. The summed E-state index contributed by atoms with van der Waals surface area (Å²) in [4.78, 5) is 4.49. The van der Waals surface area contributed by atoms with Gasteiger partial charge < -0.3 is 9.47 Å². The van der Waals surface area contributed by atoms with Gasteiger partial charge in [-0.3, -0.25) is 4.57 Å². The Morgan fingerprint density at radius 1 is 0.871 bits per heavy atom. The molecule has 0 aliphatic heterocycles. The highest BCUT2D eigenvalue weighted by molar-refractivity contribution is 5.82. The number of alkyl halides is 3. The topological polar surface area (TPSA) is 36.3 Å². The second-order valence-electron chi connectivity index (χ2n) is 6.74. The molecule has 3 aromatic carbocycles. The zero-order chi connectivity index (χ0) is 21.8. The average molecular weight is 424 g/mol. The molecule has 1 heterocycles. The van der Waals surface area contributed by atoms with Crippen LogP contribution in [0.2, 0.25) is 0 Å². The molecule has 0 fully saturated rings. The molecule has 0 aliphatic carbocycles. The lowest BCUT2D eigenvalue weighted by Gasteiger charge is -2.08. The molecule has 4 nitrogen and oxygen atoms in total. The van der Waals surface area contributed by atoms with Crippen LogP contribution in [0.1, 0.15) is 18.1 Å². The molecule has 0 spiro atoms. The second-order valence-corrected chi connectivity index (χ2v) is 6.74. The molecular weight excluding hydrogens is 405 g/mol. The van der Waals surface area contributed by atoms with E-state index in [-0.39, 0.29) is 5.75 Å². The quantitative estimate of drug-likeness (QED) is 0.332. The summed E-state index contributed by atoms with van der Waals surface area (Å²) in [5, 5.41) is 0. The monoisotopic (exact) mass is 424 g/mol. The fourth-order valence-corrected chi connectivity index (χ4v) is 3.18. The first-order valence-corrected chi connectivity index (χ1v) is 9.65. The normalized spacial score (nSPS) is 11.9. The summed E-state index contributed by atoms with van der Waals surface area (Å²) >= 11 is 0. The van der Waals surface area contributed by atoms with E-state index in [1.165, 1.54) is 12.1 Å². The van der Waals surface area contributed by atoms with Gasteiger partial charge in [-0.15, -0.1) is 13.2 Å². The lowest BCUT2D eigenvalue weighted by Crippen LogP contribution is -2.16. The Morgan fingerprint density at radius 2 is 1.52 bits per heavy atom. The van der Waals surface area contributed by atoms with Gasteiger partial charge in [0.05, 0.1) is 17.6 Å². The second kappa shape index (κ2) is 8.55. The molecule has 0 saturated carbocycles. The first-order chi connectivity index (χ1) is 14.9. The Balaban J connectivity index is 1.51. The number of ether oxygens (including phenoxy) is 2. The first-order valence-electron chi connectivity index (χ1n) is 9.65. The van der Waals surface area contributed by atoms with Crippen LogP contribution in [0.15, 0.2) is 73.1 Å². The highest BCUT2D eigenvalue weighted by atomic mass is 19.4. The molecule has 0 N–H and O–H groups in total. The Morgan fingerprint density at radius 3 is 2.19 bits per heavy atom. The van der Waals surface area contributed by atoms with E-state index >= 15 is 0 Å². The molecule has 0 bridgehead atoms. The molecule has 7 heteroatoms. The minimum absolute atomic E-state index is 0.245. The third kappa shape index (κ3) is 5.06. The van der Waals surface area contributed by atoms with Crippen LogP contribution in [-0.2, 0) is 0 Å². The SMILES string of the molecule is CCOc1ccc(-n2cnc3cc(/C=C/c4ccc(OC(F)(F)F)cc4)ccc32)cc1. The van der Waals surface area contributed by atoms with Crippen LogP contribution in [0.5, 0.6) is 11.5 Å². The van der Waals surface area contributed by atoms with Crippen molar-refractivity contribution in [2.75, 3.05) is 6.61 Å². The number of rotatable bonds is 6. The molecule has 0 radical (unpaired) electrons. The van der Waals surface area contributed by atoms with Crippen molar-refractivity contribution in [3.05, 3.63) is 84.2 Å². The largest absolute Gasteiger partial charge is 0.573 e. The van der Waals surface area contributed by atoms with Gasteiger partial charge in [-0.2, -0.15) is 0 Å². The van der Waals surface area contributed by atoms with Gasteiger partial charge in [0.25, 0.3) is 0 Å². The van der Waals surface area contributed by atoms with E-state index in [2.05, 4.69) is 9.72 Å². The number of imidazole rings is 1. The Labute approximate surface area is 177 Å². The Bertz CT molecular complexity index is 1190. The number of benzene rings is 3. The fourth-order valence-electron chi connectivity index (χ4n) is 3.18. The molecular formula is C24H19F3N2O2. The van der Waals surface area contributed by atoms with Crippen LogP contribution in [0, 0.1) is 0 Å². The van der Waals surface area contributed by atoms with Crippen LogP contribution in [0.4, 0.5) is 13.2 Å². The summed E-state index contributed by atoms with van der Waals surface area (Å²) in [5.41, 5.74) is 4.48. The minimum atomic E-state index is -4.69. The highest BCUT2D eigenvalue weighted by Gasteiger charge is 2.30. The van der Waals surface area contributed by atoms with E-state index in [9.17, 15) is 13.2 Å². The van der Waals surface area contributed by atoms with Crippen LogP contribution in [-0.4, -0.2) is 22.5 Å². The standard InChI is InChI=1S/C24H19F3N2O2/c1-2-30-20-12-8-19(9-13-20)29-16-28-22-15-18(7-14-23(22)29)4-3-17-5-10-21(11-6-17)31-24(25,26)27/h3-16H,2H2,1H3/b4-3+. The molecule has 4 aromatic rings. The van der Waals surface area contributed by atoms with Gasteiger partial charge in [-0.1, -0.05) is 30.4 Å². The van der Waals surface area contributed by atoms with Crippen LogP contribution < -0.4 is 9.47 Å². The summed E-state index contributed by atoms with van der Waals surface area (Å²) in [6.45, 7) is 2.57. The van der Waals surface area contributed by atoms with E-state index in [1.807, 2.05) is 66.1 Å². The zero-order valence-corrected chi connectivity index (χ0v) is 16.6.